The first-order valence-electron chi connectivity index (χ1n) is 20.6. The van der Waals surface area contributed by atoms with Gasteiger partial charge >= 0.3 is 5.97 Å². The van der Waals surface area contributed by atoms with Gasteiger partial charge in [0.2, 0.25) is 0 Å². The molecule has 0 aliphatic heterocycles. The average molecular weight is 619 g/mol. The number of rotatable bonds is 38. The fourth-order valence-corrected chi connectivity index (χ4v) is 6.31. The van der Waals surface area contributed by atoms with Crippen LogP contribution < -0.4 is 0 Å². The van der Waals surface area contributed by atoms with E-state index in [9.17, 15) is 4.79 Å². The standard InChI is InChI=1S/C42H82O2/c1-3-5-7-9-11-13-15-17-19-20-21-22-23-24-25-27-29-31-33-35-37-39-41-44-42(43)40-38-36-34-32-30-28-26-18-16-14-12-10-8-6-4-2/h18,26H,3-17,19-25,27-41H2,1-2H3/b26-18-. The molecule has 0 fully saturated rings. The van der Waals surface area contributed by atoms with Crippen molar-refractivity contribution in [1.82, 2.24) is 0 Å². The molecule has 0 saturated carbocycles. The van der Waals surface area contributed by atoms with Crippen LogP contribution in [0.3, 0.4) is 0 Å². The zero-order valence-corrected chi connectivity index (χ0v) is 30.6. The molecular weight excluding hydrogens is 536 g/mol. The van der Waals surface area contributed by atoms with Crippen molar-refractivity contribution in [1.29, 1.82) is 0 Å². The Morgan fingerprint density at radius 3 is 0.977 bits per heavy atom. The monoisotopic (exact) mass is 619 g/mol. The van der Waals surface area contributed by atoms with E-state index in [4.69, 9.17) is 4.74 Å². The van der Waals surface area contributed by atoms with E-state index in [0.29, 0.717) is 13.0 Å². The van der Waals surface area contributed by atoms with Gasteiger partial charge in [0.1, 0.15) is 0 Å². The molecular formula is C42H82O2. The summed E-state index contributed by atoms with van der Waals surface area (Å²) in [6, 6.07) is 0. The van der Waals surface area contributed by atoms with Crippen molar-refractivity contribution in [3.05, 3.63) is 12.2 Å². The smallest absolute Gasteiger partial charge is 0.305 e. The maximum atomic E-state index is 12.0. The minimum atomic E-state index is 0.0196. The van der Waals surface area contributed by atoms with Gasteiger partial charge in [0.15, 0.2) is 0 Å². The van der Waals surface area contributed by atoms with Gasteiger partial charge in [-0.2, -0.15) is 0 Å². The van der Waals surface area contributed by atoms with E-state index >= 15 is 0 Å². The number of hydrogen-bond donors (Lipinski definition) is 0. The Morgan fingerprint density at radius 1 is 0.364 bits per heavy atom. The van der Waals surface area contributed by atoms with E-state index < -0.39 is 0 Å². The van der Waals surface area contributed by atoms with Gasteiger partial charge in [-0.05, 0) is 38.5 Å². The van der Waals surface area contributed by atoms with Crippen molar-refractivity contribution in [3.63, 3.8) is 0 Å². The summed E-state index contributed by atoms with van der Waals surface area (Å²) in [6.07, 6.45) is 53.0. The predicted molar refractivity (Wildman–Crippen MR) is 198 cm³/mol. The van der Waals surface area contributed by atoms with Crippen LogP contribution in [0, 0.1) is 0 Å². The molecule has 2 heteroatoms. The average Bonchev–Trinajstić information content (AvgIpc) is 3.03. The Balaban J connectivity index is 3.17. The van der Waals surface area contributed by atoms with Crippen LogP contribution in [0.5, 0.6) is 0 Å². The molecule has 0 aromatic carbocycles. The quantitative estimate of drug-likeness (QED) is 0.0391. The van der Waals surface area contributed by atoms with Crippen LogP contribution in [0.25, 0.3) is 0 Å². The second-order valence-corrected chi connectivity index (χ2v) is 14.0. The molecule has 0 saturated heterocycles. The molecule has 0 heterocycles. The summed E-state index contributed by atoms with van der Waals surface area (Å²) in [4.78, 5) is 12.0. The van der Waals surface area contributed by atoms with Crippen LogP contribution in [-0.4, -0.2) is 12.6 Å². The molecule has 0 aliphatic carbocycles. The lowest BCUT2D eigenvalue weighted by molar-refractivity contribution is -0.143. The Hall–Kier alpha value is -0.790. The van der Waals surface area contributed by atoms with Crippen LogP contribution in [0.2, 0.25) is 0 Å². The van der Waals surface area contributed by atoms with Gasteiger partial charge in [0.25, 0.3) is 0 Å². The maximum Gasteiger partial charge on any atom is 0.305 e. The minimum Gasteiger partial charge on any atom is -0.466 e. The third-order valence-corrected chi connectivity index (χ3v) is 9.40. The highest BCUT2D eigenvalue weighted by atomic mass is 16.5. The summed E-state index contributed by atoms with van der Waals surface area (Å²) in [5, 5.41) is 0. The molecule has 0 spiro atoms. The first-order valence-corrected chi connectivity index (χ1v) is 20.6. The van der Waals surface area contributed by atoms with Crippen molar-refractivity contribution >= 4 is 5.97 Å². The molecule has 0 aromatic rings. The van der Waals surface area contributed by atoms with Gasteiger partial charge in [0.05, 0.1) is 6.61 Å². The SMILES string of the molecule is CCCCCCCC/C=C\CCCCCCCC(=O)OCCCCCCCCCCCCCCCCCCCCCCCC. The highest BCUT2D eigenvalue weighted by Gasteiger charge is 2.02. The first kappa shape index (κ1) is 43.2. The van der Waals surface area contributed by atoms with Crippen LogP contribution in [0.4, 0.5) is 0 Å². The van der Waals surface area contributed by atoms with Crippen LogP contribution >= 0.6 is 0 Å². The van der Waals surface area contributed by atoms with Crippen LogP contribution in [-0.2, 0) is 9.53 Å². The molecule has 0 aromatic heterocycles. The molecule has 2 nitrogen and oxygen atoms in total. The molecule has 262 valence electrons. The van der Waals surface area contributed by atoms with E-state index in [1.54, 1.807) is 0 Å². The summed E-state index contributed by atoms with van der Waals surface area (Å²) >= 11 is 0. The minimum absolute atomic E-state index is 0.0196. The van der Waals surface area contributed by atoms with Gasteiger partial charge in [-0.1, -0.05) is 212 Å². The Labute approximate surface area is 278 Å². The molecule has 0 radical (unpaired) electrons. The van der Waals surface area contributed by atoms with Gasteiger partial charge in [-0.25, -0.2) is 0 Å². The summed E-state index contributed by atoms with van der Waals surface area (Å²) in [5.41, 5.74) is 0. The van der Waals surface area contributed by atoms with E-state index in [0.717, 1.165) is 19.3 Å². The van der Waals surface area contributed by atoms with Crippen LogP contribution in [0.15, 0.2) is 12.2 Å². The highest BCUT2D eigenvalue weighted by Crippen LogP contribution is 2.16. The number of allylic oxidation sites excluding steroid dienone is 2. The lowest BCUT2D eigenvalue weighted by Gasteiger charge is -2.06. The zero-order chi connectivity index (χ0) is 31.9. The Kier molecular flexibility index (Phi) is 39.5. The van der Waals surface area contributed by atoms with Crippen molar-refractivity contribution in [3.8, 4) is 0 Å². The molecule has 0 N–H and O–H groups in total. The Bertz CT molecular complexity index is 554. The van der Waals surface area contributed by atoms with Crippen LogP contribution in [0.1, 0.15) is 245 Å². The predicted octanol–water partition coefficient (Wildman–Crippen LogP) is 15.2. The summed E-state index contributed by atoms with van der Waals surface area (Å²) in [5.74, 6) is 0.0196. The fourth-order valence-electron chi connectivity index (χ4n) is 6.31. The number of ether oxygens (including phenoxy) is 1. The summed E-state index contributed by atoms with van der Waals surface area (Å²) in [7, 11) is 0. The molecule has 0 atom stereocenters. The van der Waals surface area contributed by atoms with Crippen molar-refractivity contribution in [2.24, 2.45) is 0 Å². The lowest BCUT2D eigenvalue weighted by atomic mass is 10.0. The fraction of sp³-hybridized carbons (Fsp3) is 0.929. The van der Waals surface area contributed by atoms with Gasteiger partial charge in [-0.15, -0.1) is 0 Å². The topological polar surface area (TPSA) is 26.3 Å². The number of unbranched alkanes of at least 4 members (excludes halogenated alkanes) is 32. The molecule has 0 amide bonds. The summed E-state index contributed by atoms with van der Waals surface area (Å²) in [6.45, 7) is 5.21. The van der Waals surface area contributed by atoms with E-state index in [2.05, 4.69) is 26.0 Å². The molecule has 0 aliphatic rings. The van der Waals surface area contributed by atoms with E-state index in [1.807, 2.05) is 0 Å². The van der Waals surface area contributed by atoms with Crippen molar-refractivity contribution in [2.75, 3.05) is 6.61 Å². The largest absolute Gasteiger partial charge is 0.466 e. The normalized spacial score (nSPS) is 11.6. The first-order chi connectivity index (χ1) is 21.8. The van der Waals surface area contributed by atoms with E-state index in [-0.39, 0.29) is 5.97 Å². The second kappa shape index (κ2) is 40.2. The van der Waals surface area contributed by atoms with Gasteiger partial charge < -0.3 is 4.74 Å². The van der Waals surface area contributed by atoms with E-state index in [1.165, 1.54) is 205 Å². The lowest BCUT2D eigenvalue weighted by Crippen LogP contribution is -2.05. The number of carbonyl (C=O) groups is 1. The third kappa shape index (κ3) is 39.2. The number of esters is 1. The molecule has 0 bridgehead atoms. The molecule has 0 unspecified atom stereocenters. The highest BCUT2D eigenvalue weighted by molar-refractivity contribution is 5.69. The third-order valence-electron chi connectivity index (χ3n) is 9.40. The number of carbonyl (C=O) groups excluding carboxylic acids is 1. The van der Waals surface area contributed by atoms with Crippen molar-refractivity contribution in [2.45, 2.75) is 245 Å². The maximum absolute atomic E-state index is 12.0. The van der Waals surface area contributed by atoms with Gasteiger partial charge in [-0.3, -0.25) is 4.79 Å². The molecule has 44 heavy (non-hydrogen) atoms. The van der Waals surface area contributed by atoms with Gasteiger partial charge in [0, 0.05) is 6.42 Å². The zero-order valence-electron chi connectivity index (χ0n) is 30.6. The summed E-state index contributed by atoms with van der Waals surface area (Å²) < 4.78 is 5.46. The van der Waals surface area contributed by atoms with Crippen molar-refractivity contribution < 1.29 is 9.53 Å². The second-order valence-electron chi connectivity index (χ2n) is 14.0. The number of hydrogen-bond acceptors (Lipinski definition) is 2. The Morgan fingerprint density at radius 2 is 0.636 bits per heavy atom. The molecule has 0 rings (SSSR count).